The fourth-order valence-electron chi connectivity index (χ4n) is 2.92. The lowest BCUT2D eigenvalue weighted by atomic mass is 10.2. The molecule has 1 aromatic rings. The number of hydrogen-bond donors (Lipinski definition) is 0. The van der Waals surface area contributed by atoms with Gasteiger partial charge in [-0.2, -0.15) is 8.78 Å². The maximum atomic E-state index is 12.8. The van der Waals surface area contributed by atoms with Gasteiger partial charge in [0.25, 0.3) is 0 Å². The highest BCUT2D eigenvalue weighted by Crippen LogP contribution is 2.18. The van der Waals surface area contributed by atoms with Crippen LogP contribution < -0.4 is 0 Å². The first-order valence-corrected chi connectivity index (χ1v) is 9.54. The Morgan fingerprint density at radius 1 is 1.50 bits per heavy atom. The van der Waals surface area contributed by atoms with E-state index in [-0.39, 0.29) is 42.4 Å². The highest BCUT2D eigenvalue weighted by atomic mass is 32.2. The van der Waals surface area contributed by atoms with E-state index >= 15 is 0 Å². The van der Waals surface area contributed by atoms with Crippen LogP contribution in [0.3, 0.4) is 0 Å². The van der Waals surface area contributed by atoms with Gasteiger partial charge >= 0.3 is 6.55 Å². The summed E-state index contributed by atoms with van der Waals surface area (Å²) in [6, 6.07) is -0.302. The number of carbonyl (C=O) groups excluding carboxylic acids is 1. The van der Waals surface area contributed by atoms with Crippen LogP contribution in [0.5, 0.6) is 0 Å². The normalized spacial score (nSPS) is 20.0. The van der Waals surface area contributed by atoms with E-state index in [0.29, 0.717) is 13.0 Å². The molecule has 0 radical (unpaired) electrons. The van der Waals surface area contributed by atoms with Crippen molar-refractivity contribution >= 4 is 15.7 Å². The summed E-state index contributed by atoms with van der Waals surface area (Å²) in [5.74, 6) is 0.0545. The van der Waals surface area contributed by atoms with E-state index in [1.807, 2.05) is 0 Å². The number of nitrogens with zero attached hydrogens (tertiary/aromatic N) is 4. The third-order valence-corrected chi connectivity index (χ3v) is 5.84. The minimum absolute atomic E-state index is 0.00785. The Hall–Kier alpha value is -1.55. The number of sulfone groups is 1. The number of halogens is 2. The summed E-state index contributed by atoms with van der Waals surface area (Å²) in [4.78, 5) is 19.5. The fourth-order valence-corrected chi connectivity index (χ4v) is 4.65. The van der Waals surface area contributed by atoms with Crippen molar-refractivity contribution in [1.82, 2.24) is 19.4 Å². The van der Waals surface area contributed by atoms with Crippen LogP contribution in [0.4, 0.5) is 8.78 Å². The third kappa shape index (κ3) is 4.50. The Balaban J connectivity index is 1.96. The molecule has 2 heterocycles. The van der Waals surface area contributed by atoms with E-state index in [1.165, 1.54) is 12.4 Å². The van der Waals surface area contributed by atoms with Gasteiger partial charge in [-0.3, -0.25) is 14.3 Å². The first-order chi connectivity index (χ1) is 11.2. The van der Waals surface area contributed by atoms with Crippen LogP contribution >= 0.6 is 0 Å². The van der Waals surface area contributed by atoms with E-state index in [1.54, 1.807) is 23.8 Å². The molecule has 1 amide bonds. The Labute approximate surface area is 140 Å². The summed E-state index contributed by atoms with van der Waals surface area (Å²) in [7, 11) is -1.43. The molecule has 136 valence electrons. The zero-order valence-corrected chi connectivity index (χ0v) is 14.5. The maximum Gasteiger partial charge on any atom is 0.319 e. The van der Waals surface area contributed by atoms with Crippen molar-refractivity contribution in [1.29, 1.82) is 0 Å². The summed E-state index contributed by atoms with van der Waals surface area (Å²) in [6.45, 7) is -0.350. The van der Waals surface area contributed by atoms with Gasteiger partial charge in [-0.15, -0.1) is 0 Å². The number of rotatable bonds is 7. The average Bonchev–Trinajstić information content (AvgIpc) is 3.06. The number of alkyl halides is 2. The molecule has 0 aromatic carbocycles. The third-order valence-electron chi connectivity index (χ3n) is 4.09. The summed E-state index contributed by atoms with van der Waals surface area (Å²) >= 11 is 0. The highest BCUT2D eigenvalue weighted by molar-refractivity contribution is 7.91. The lowest BCUT2D eigenvalue weighted by Crippen LogP contribution is -2.45. The zero-order valence-electron chi connectivity index (χ0n) is 13.7. The van der Waals surface area contributed by atoms with E-state index < -0.39 is 16.4 Å². The Morgan fingerprint density at radius 3 is 2.75 bits per heavy atom. The Kier molecular flexibility index (Phi) is 5.92. The molecule has 0 spiro atoms. The molecule has 0 bridgehead atoms. The molecule has 0 saturated carbocycles. The van der Waals surface area contributed by atoms with Gasteiger partial charge in [-0.05, 0) is 20.4 Å². The fraction of sp³-hybridized carbons (Fsp3) is 0.714. The molecule has 1 aliphatic heterocycles. The van der Waals surface area contributed by atoms with Crippen LogP contribution in [0.1, 0.15) is 25.7 Å². The van der Waals surface area contributed by atoms with Crippen molar-refractivity contribution in [3.05, 3.63) is 18.2 Å². The summed E-state index contributed by atoms with van der Waals surface area (Å²) in [5, 5.41) is 0. The summed E-state index contributed by atoms with van der Waals surface area (Å²) in [5.41, 5.74) is 0. The molecule has 7 nitrogen and oxygen atoms in total. The average molecular weight is 364 g/mol. The zero-order chi connectivity index (χ0) is 17.9. The van der Waals surface area contributed by atoms with E-state index in [0.717, 1.165) is 4.57 Å². The second kappa shape index (κ2) is 7.56. The highest BCUT2D eigenvalue weighted by Gasteiger charge is 2.34. The van der Waals surface area contributed by atoms with Gasteiger partial charge in [0.05, 0.1) is 24.6 Å². The van der Waals surface area contributed by atoms with Crippen molar-refractivity contribution in [2.75, 3.05) is 31.6 Å². The summed E-state index contributed by atoms with van der Waals surface area (Å²) < 4.78 is 49.5. The molecule has 2 rings (SSSR count). The van der Waals surface area contributed by atoms with Crippen molar-refractivity contribution in [3.63, 3.8) is 0 Å². The molecule has 1 aromatic heterocycles. The van der Waals surface area contributed by atoms with Crippen molar-refractivity contribution < 1.29 is 22.0 Å². The predicted molar refractivity (Wildman–Crippen MR) is 84.3 cm³/mol. The number of hydrogen-bond acceptors (Lipinski definition) is 5. The molecule has 10 heteroatoms. The van der Waals surface area contributed by atoms with Gasteiger partial charge in [-0.25, -0.2) is 13.4 Å². The minimum Gasteiger partial charge on any atom is -0.338 e. The first kappa shape index (κ1) is 18.8. The Bertz CT molecular complexity index is 677. The molecule has 1 fully saturated rings. The molecular formula is C14H22F2N4O3S. The smallest absolute Gasteiger partial charge is 0.319 e. The number of amides is 1. The number of aromatic nitrogens is 2. The first-order valence-electron chi connectivity index (χ1n) is 7.71. The van der Waals surface area contributed by atoms with E-state index in [2.05, 4.69) is 4.98 Å². The maximum absolute atomic E-state index is 12.8. The molecule has 0 N–H and O–H groups in total. The van der Waals surface area contributed by atoms with Crippen LogP contribution in [0.2, 0.25) is 0 Å². The lowest BCUT2D eigenvalue weighted by Gasteiger charge is -2.29. The lowest BCUT2D eigenvalue weighted by molar-refractivity contribution is -0.133. The van der Waals surface area contributed by atoms with Gasteiger partial charge in [0, 0.05) is 25.0 Å². The monoisotopic (exact) mass is 364 g/mol. The molecule has 1 atom stereocenters. The second-order valence-corrected chi connectivity index (χ2v) is 8.17. The molecular weight excluding hydrogens is 342 g/mol. The van der Waals surface area contributed by atoms with Gasteiger partial charge in [0.15, 0.2) is 9.84 Å². The second-order valence-electron chi connectivity index (χ2n) is 5.94. The number of imidazole rings is 1. The molecule has 1 saturated heterocycles. The Morgan fingerprint density at radius 2 is 2.21 bits per heavy atom. The molecule has 24 heavy (non-hydrogen) atoms. The predicted octanol–water partition coefficient (Wildman–Crippen LogP) is 0.746. The van der Waals surface area contributed by atoms with Gasteiger partial charge in [-0.1, -0.05) is 0 Å². The van der Waals surface area contributed by atoms with Gasteiger partial charge < -0.3 is 4.90 Å². The van der Waals surface area contributed by atoms with Crippen LogP contribution in [0.15, 0.2) is 12.4 Å². The van der Waals surface area contributed by atoms with E-state index in [9.17, 15) is 22.0 Å². The standard InChI is InChI=1S/C14H22F2N4O3S/c1-3-19(11-4-7-24(22,23)10-11)13(21)9-18(2)8-12-17-5-6-20(12)14(15)16/h5-6,11,14H,3-4,7-10H2,1-2H3. The van der Waals surface area contributed by atoms with E-state index in [4.69, 9.17) is 0 Å². The molecule has 1 aliphatic rings. The van der Waals surface area contributed by atoms with Crippen molar-refractivity contribution in [3.8, 4) is 0 Å². The van der Waals surface area contributed by atoms with Crippen molar-refractivity contribution in [2.45, 2.75) is 32.5 Å². The van der Waals surface area contributed by atoms with Crippen LogP contribution in [0.25, 0.3) is 0 Å². The largest absolute Gasteiger partial charge is 0.338 e. The van der Waals surface area contributed by atoms with Crippen LogP contribution in [0, 0.1) is 0 Å². The molecule has 1 unspecified atom stereocenters. The number of carbonyl (C=O) groups is 1. The molecule has 0 aliphatic carbocycles. The van der Waals surface area contributed by atoms with Gasteiger partial charge in [0.1, 0.15) is 5.82 Å². The minimum atomic E-state index is -3.07. The SMILES string of the molecule is CCN(C(=O)CN(C)Cc1nccn1C(F)F)C1CCS(=O)(=O)C1. The quantitative estimate of drug-likeness (QED) is 0.714. The van der Waals surface area contributed by atoms with Gasteiger partial charge in [0.2, 0.25) is 5.91 Å². The topological polar surface area (TPSA) is 75.5 Å². The number of likely N-dealkylation sites (N-methyl/N-ethyl adjacent to an activating group) is 2. The van der Waals surface area contributed by atoms with Crippen LogP contribution in [-0.2, 0) is 21.2 Å². The van der Waals surface area contributed by atoms with Crippen LogP contribution in [-0.4, -0.2) is 71.4 Å². The van der Waals surface area contributed by atoms with Crippen molar-refractivity contribution in [2.24, 2.45) is 0 Å². The summed E-state index contributed by atoms with van der Waals surface area (Å²) in [6.07, 6.45) is 2.93.